The van der Waals surface area contributed by atoms with Crippen LogP contribution in [0, 0.1) is 5.92 Å². The summed E-state index contributed by atoms with van der Waals surface area (Å²) >= 11 is 0. The lowest BCUT2D eigenvalue weighted by molar-refractivity contribution is -0.119. The van der Waals surface area contributed by atoms with E-state index in [9.17, 15) is 9.59 Å². The third-order valence-corrected chi connectivity index (χ3v) is 6.01. The summed E-state index contributed by atoms with van der Waals surface area (Å²) in [6.07, 6.45) is 1.42. The maximum atomic E-state index is 12.8. The predicted molar refractivity (Wildman–Crippen MR) is 118 cm³/mol. The van der Waals surface area contributed by atoms with Gasteiger partial charge in [-0.25, -0.2) is 0 Å². The van der Waals surface area contributed by atoms with Crippen LogP contribution in [0.5, 0.6) is 0 Å². The zero-order valence-electron chi connectivity index (χ0n) is 17.8. The van der Waals surface area contributed by atoms with Gasteiger partial charge < -0.3 is 9.80 Å². The minimum atomic E-state index is -0.0950. The van der Waals surface area contributed by atoms with E-state index in [4.69, 9.17) is 0 Å². The smallest absolute Gasteiger partial charge is 0.226 e. The minimum Gasteiger partial charge on any atom is -0.309 e. The standard InChI is InChI=1S/C25H32N2O2/c1-4-25(29)27(22-13-9-6-10-14-22)24-15-16-26(17-19(24)2)18-23(20(3)28)21-11-7-5-8-12-21/h5-14,19,23-24H,4,15-18H2,1-3H3. The molecule has 0 radical (unpaired) electrons. The van der Waals surface area contributed by atoms with Crippen LogP contribution in [0.1, 0.15) is 45.1 Å². The summed E-state index contributed by atoms with van der Waals surface area (Å²) < 4.78 is 0. The van der Waals surface area contributed by atoms with Crippen molar-refractivity contribution < 1.29 is 9.59 Å². The molecule has 0 spiro atoms. The molecule has 1 amide bonds. The Morgan fingerprint density at radius 2 is 1.69 bits per heavy atom. The number of Topliss-reactive ketones (excluding diaryl/α,β-unsaturated/α-hetero) is 1. The van der Waals surface area contributed by atoms with Crippen molar-refractivity contribution in [3.8, 4) is 0 Å². The molecule has 4 heteroatoms. The Balaban J connectivity index is 1.72. The van der Waals surface area contributed by atoms with Gasteiger partial charge in [-0.2, -0.15) is 0 Å². The highest BCUT2D eigenvalue weighted by Crippen LogP contribution is 2.29. The van der Waals surface area contributed by atoms with E-state index < -0.39 is 0 Å². The van der Waals surface area contributed by atoms with Gasteiger partial charge in [0.1, 0.15) is 5.78 Å². The van der Waals surface area contributed by atoms with Crippen molar-refractivity contribution >= 4 is 17.4 Å². The normalized spacial score (nSPS) is 20.8. The van der Waals surface area contributed by atoms with E-state index in [2.05, 4.69) is 11.8 Å². The first-order chi connectivity index (χ1) is 14.0. The van der Waals surface area contributed by atoms with E-state index in [1.165, 1.54) is 0 Å². The molecule has 0 saturated carbocycles. The summed E-state index contributed by atoms with van der Waals surface area (Å²) in [4.78, 5) is 29.5. The number of para-hydroxylation sites is 1. The summed E-state index contributed by atoms with van der Waals surface area (Å²) in [7, 11) is 0. The maximum Gasteiger partial charge on any atom is 0.226 e. The number of nitrogens with zero attached hydrogens (tertiary/aromatic N) is 2. The zero-order valence-corrected chi connectivity index (χ0v) is 17.8. The maximum absolute atomic E-state index is 12.8. The van der Waals surface area contributed by atoms with Gasteiger partial charge in [0.2, 0.25) is 5.91 Å². The van der Waals surface area contributed by atoms with Gasteiger partial charge in [0.05, 0.1) is 5.92 Å². The molecule has 3 atom stereocenters. The van der Waals surface area contributed by atoms with Crippen LogP contribution in [-0.2, 0) is 9.59 Å². The summed E-state index contributed by atoms with van der Waals surface area (Å²) in [5.74, 6) is 0.621. The third-order valence-electron chi connectivity index (χ3n) is 6.01. The first-order valence-electron chi connectivity index (χ1n) is 10.7. The van der Waals surface area contributed by atoms with Gasteiger partial charge in [-0.1, -0.05) is 62.4 Å². The van der Waals surface area contributed by atoms with Crippen molar-refractivity contribution in [1.82, 2.24) is 4.90 Å². The molecule has 1 saturated heterocycles. The van der Waals surface area contributed by atoms with Crippen molar-refractivity contribution in [2.24, 2.45) is 5.92 Å². The van der Waals surface area contributed by atoms with Crippen molar-refractivity contribution in [1.29, 1.82) is 0 Å². The lowest BCUT2D eigenvalue weighted by Gasteiger charge is -2.43. The van der Waals surface area contributed by atoms with Gasteiger partial charge in [-0.15, -0.1) is 0 Å². The van der Waals surface area contributed by atoms with E-state index in [0.29, 0.717) is 12.3 Å². The quantitative estimate of drug-likeness (QED) is 0.696. The van der Waals surface area contributed by atoms with E-state index >= 15 is 0 Å². The molecule has 1 aliphatic heterocycles. The molecule has 1 aliphatic rings. The van der Waals surface area contributed by atoms with Gasteiger partial charge >= 0.3 is 0 Å². The van der Waals surface area contributed by atoms with Gasteiger partial charge in [-0.05, 0) is 37.0 Å². The monoisotopic (exact) mass is 392 g/mol. The number of likely N-dealkylation sites (tertiary alicyclic amines) is 1. The molecule has 0 bridgehead atoms. The van der Waals surface area contributed by atoms with Crippen LogP contribution in [0.4, 0.5) is 5.69 Å². The molecule has 0 aromatic heterocycles. The fourth-order valence-corrected chi connectivity index (χ4v) is 4.46. The largest absolute Gasteiger partial charge is 0.309 e. The van der Waals surface area contributed by atoms with Crippen LogP contribution in [-0.4, -0.2) is 42.3 Å². The fourth-order valence-electron chi connectivity index (χ4n) is 4.46. The first-order valence-corrected chi connectivity index (χ1v) is 10.7. The third kappa shape index (κ3) is 5.13. The molecule has 4 nitrogen and oxygen atoms in total. The summed E-state index contributed by atoms with van der Waals surface area (Å²) in [6, 6.07) is 20.2. The molecule has 0 N–H and O–H groups in total. The average Bonchev–Trinajstić information content (AvgIpc) is 2.74. The van der Waals surface area contributed by atoms with Crippen LogP contribution in [0.15, 0.2) is 60.7 Å². The minimum absolute atomic E-state index is 0.0950. The predicted octanol–water partition coefficient (Wildman–Crippen LogP) is 4.51. The Kier molecular flexibility index (Phi) is 7.21. The highest BCUT2D eigenvalue weighted by atomic mass is 16.2. The highest BCUT2D eigenvalue weighted by Gasteiger charge is 2.34. The Bertz CT molecular complexity index is 806. The Labute approximate surface area is 174 Å². The second kappa shape index (κ2) is 9.84. The second-order valence-corrected chi connectivity index (χ2v) is 8.12. The number of carbonyl (C=O) groups excluding carboxylic acids is 2. The van der Waals surface area contributed by atoms with Crippen LogP contribution in [0.2, 0.25) is 0 Å². The van der Waals surface area contributed by atoms with E-state index in [1.807, 2.05) is 72.5 Å². The number of carbonyl (C=O) groups is 2. The Morgan fingerprint density at radius 3 is 2.24 bits per heavy atom. The number of ketones is 1. The van der Waals surface area contributed by atoms with Gasteiger partial charge in [-0.3, -0.25) is 9.59 Å². The number of rotatable bonds is 7. The average molecular weight is 393 g/mol. The van der Waals surface area contributed by atoms with E-state index in [1.54, 1.807) is 6.92 Å². The van der Waals surface area contributed by atoms with Crippen LogP contribution in [0.3, 0.4) is 0 Å². The molecule has 1 heterocycles. The number of hydrogen-bond acceptors (Lipinski definition) is 3. The van der Waals surface area contributed by atoms with Crippen molar-refractivity contribution in [2.45, 2.75) is 45.6 Å². The Morgan fingerprint density at radius 1 is 1.07 bits per heavy atom. The number of hydrogen-bond donors (Lipinski definition) is 0. The lowest BCUT2D eigenvalue weighted by Crippen LogP contribution is -2.53. The van der Waals surface area contributed by atoms with Crippen molar-refractivity contribution in [3.05, 3.63) is 66.2 Å². The SMILES string of the molecule is CCC(=O)N(c1ccccc1)C1CCN(CC(C(C)=O)c2ccccc2)CC1C. The number of amides is 1. The van der Waals surface area contributed by atoms with Crippen LogP contribution >= 0.6 is 0 Å². The topological polar surface area (TPSA) is 40.6 Å². The van der Waals surface area contributed by atoms with Crippen LogP contribution < -0.4 is 4.90 Å². The van der Waals surface area contributed by atoms with Gasteiger partial charge in [0, 0.05) is 37.8 Å². The number of anilines is 1. The molecule has 0 aliphatic carbocycles. The molecule has 1 fully saturated rings. The van der Waals surface area contributed by atoms with Crippen LogP contribution in [0.25, 0.3) is 0 Å². The molecule has 154 valence electrons. The zero-order chi connectivity index (χ0) is 20.8. The lowest BCUT2D eigenvalue weighted by atomic mass is 9.89. The summed E-state index contributed by atoms with van der Waals surface area (Å²) in [6.45, 7) is 8.36. The number of benzene rings is 2. The second-order valence-electron chi connectivity index (χ2n) is 8.12. The number of piperidine rings is 1. The highest BCUT2D eigenvalue weighted by molar-refractivity contribution is 5.93. The fraction of sp³-hybridized carbons (Fsp3) is 0.440. The van der Waals surface area contributed by atoms with Crippen molar-refractivity contribution in [3.63, 3.8) is 0 Å². The van der Waals surface area contributed by atoms with Gasteiger partial charge in [0.25, 0.3) is 0 Å². The van der Waals surface area contributed by atoms with E-state index in [-0.39, 0.29) is 23.7 Å². The summed E-state index contributed by atoms with van der Waals surface area (Å²) in [5, 5.41) is 0. The summed E-state index contributed by atoms with van der Waals surface area (Å²) in [5.41, 5.74) is 2.07. The molecule has 2 aromatic rings. The first kappa shape index (κ1) is 21.3. The van der Waals surface area contributed by atoms with Gasteiger partial charge in [0.15, 0.2) is 0 Å². The molecular formula is C25H32N2O2. The Hall–Kier alpha value is -2.46. The molecule has 29 heavy (non-hydrogen) atoms. The molecule has 2 aromatic carbocycles. The molecule has 3 rings (SSSR count). The molecular weight excluding hydrogens is 360 g/mol. The van der Waals surface area contributed by atoms with Crippen molar-refractivity contribution in [2.75, 3.05) is 24.5 Å². The molecule has 3 unspecified atom stereocenters. The van der Waals surface area contributed by atoms with E-state index in [0.717, 1.165) is 37.3 Å².